The van der Waals surface area contributed by atoms with E-state index in [1.807, 2.05) is 24.3 Å². The number of nitrogens with zero attached hydrogens (tertiary/aromatic N) is 1. The SMILES string of the molecule is C[C@H]1CCCC[C@@H]1NC(=O)COC(=O)Cc1[nH]nc2ccccc12. The zero-order valence-electron chi connectivity index (χ0n) is 13.9. The smallest absolute Gasteiger partial charge is 0.312 e. The van der Waals surface area contributed by atoms with E-state index in [2.05, 4.69) is 22.4 Å². The van der Waals surface area contributed by atoms with E-state index in [0.29, 0.717) is 11.6 Å². The van der Waals surface area contributed by atoms with Crippen molar-refractivity contribution < 1.29 is 14.3 Å². The Kier molecular flexibility index (Phi) is 5.13. The van der Waals surface area contributed by atoms with E-state index in [9.17, 15) is 9.59 Å². The number of ether oxygens (including phenoxy) is 1. The van der Waals surface area contributed by atoms with Crippen LogP contribution < -0.4 is 5.32 Å². The Bertz CT molecular complexity index is 725. The van der Waals surface area contributed by atoms with Gasteiger partial charge in [-0.3, -0.25) is 14.7 Å². The third-order valence-electron chi connectivity index (χ3n) is 4.68. The minimum Gasteiger partial charge on any atom is -0.455 e. The van der Waals surface area contributed by atoms with Crippen LogP contribution in [0.5, 0.6) is 0 Å². The summed E-state index contributed by atoms with van der Waals surface area (Å²) in [6.45, 7) is 1.92. The molecule has 1 aromatic heterocycles. The van der Waals surface area contributed by atoms with Crippen molar-refractivity contribution in [3.63, 3.8) is 0 Å². The number of esters is 1. The van der Waals surface area contributed by atoms with Gasteiger partial charge in [-0.2, -0.15) is 5.10 Å². The molecule has 1 saturated carbocycles. The summed E-state index contributed by atoms with van der Waals surface area (Å²) in [5, 5.41) is 10.9. The lowest BCUT2D eigenvalue weighted by atomic mass is 9.86. The average molecular weight is 329 g/mol. The summed E-state index contributed by atoms with van der Waals surface area (Å²) < 4.78 is 5.10. The molecule has 1 fully saturated rings. The van der Waals surface area contributed by atoms with Crippen LogP contribution in [0.15, 0.2) is 24.3 Å². The van der Waals surface area contributed by atoms with E-state index in [-0.39, 0.29) is 25.0 Å². The van der Waals surface area contributed by atoms with Gasteiger partial charge in [0.2, 0.25) is 0 Å². The molecule has 3 rings (SSSR count). The standard InChI is InChI=1S/C18H23N3O3/c1-12-6-2-4-8-14(12)19-17(22)11-24-18(23)10-16-13-7-3-5-9-15(13)20-21-16/h3,5,7,9,12,14H,2,4,6,8,10-11H2,1H3,(H,19,22)(H,20,21)/t12-,14-/m0/s1. The molecule has 1 heterocycles. The van der Waals surface area contributed by atoms with Gasteiger partial charge in [0.05, 0.1) is 17.6 Å². The number of amides is 1. The summed E-state index contributed by atoms with van der Waals surface area (Å²) in [6, 6.07) is 7.76. The lowest BCUT2D eigenvalue weighted by Crippen LogP contribution is -2.43. The van der Waals surface area contributed by atoms with Crippen molar-refractivity contribution in [2.75, 3.05) is 6.61 Å². The van der Waals surface area contributed by atoms with Crippen LogP contribution in [0.4, 0.5) is 0 Å². The van der Waals surface area contributed by atoms with Crippen LogP contribution in [-0.2, 0) is 20.7 Å². The fraction of sp³-hybridized carbons (Fsp3) is 0.500. The van der Waals surface area contributed by atoms with Crippen LogP contribution in [0.1, 0.15) is 38.3 Å². The molecule has 0 unspecified atom stereocenters. The molecule has 2 atom stereocenters. The van der Waals surface area contributed by atoms with Crippen molar-refractivity contribution in [1.29, 1.82) is 0 Å². The molecule has 1 amide bonds. The highest BCUT2D eigenvalue weighted by Crippen LogP contribution is 2.23. The maximum absolute atomic E-state index is 12.0. The quantitative estimate of drug-likeness (QED) is 0.825. The Morgan fingerprint density at radius 3 is 2.92 bits per heavy atom. The zero-order valence-corrected chi connectivity index (χ0v) is 13.9. The molecule has 0 aliphatic heterocycles. The van der Waals surface area contributed by atoms with Crippen LogP contribution >= 0.6 is 0 Å². The lowest BCUT2D eigenvalue weighted by molar-refractivity contribution is -0.148. The Balaban J connectivity index is 1.47. The Labute approximate surface area is 141 Å². The van der Waals surface area contributed by atoms with Crippen LogP contribution in [0.25, 0.3) is 10.9 Å². The van der Waals surface area contributed by atoms with Gasteiger partial charge in [0.15, 0.2) is 6.61 Å². The van der Waals surface area contributed by atoms with Crippen molar-refractivity contribution in [3.8, 4) is 0 Å². The van der Waals surface area contributed by atoms with Crippen molar-refractivity contribution in [2.45, 2.75) is 45.1 Å². The van der Waals surface area contributed by atoms with Gasteiger partial charge in [0.25, 0.3) is 5.91 Å². The van der Waals surface area contributed by atoms with Gasteiger partial charge in [-0.15, -0.1) is 0 Å². The molecular formula is C18H23N3O3. The molecule has 0 bridgehead atoms. The number of carbonyl (C=O) groups excluding carboxylic acids is 2. The van der Waals surface area contributed by atoms with Crippen LogP contribution in [-0.4, -0.2) is 34.7 Å². The first-order chi connectivity index (χ1) is 11.6. The molecular weight excluding hydrogens is 306 g/mol. The van der Waals surface area contributed by atoms with Gasteiger partial charge in [0.1, 0.15) is 0 Å². The first-order valence-electron chi connectivity index (χ1n) is 8.50. The number of rotatable bonds is 5. The van der Waals surface area contributed by atoms with Crippen LogP contribution in [0, 0.1) is 5.92 Å². The monoisotopic (exact) mass is 329 g/mol. The topological polar surface area (TPSA) is 84.1 Å². The number of nitrogens with one attached hydrogen (secondary N) is 2. The van der Waals surface area contributed by atoms with Gasteiger partial charge in [-0.1, -0.05) is 38.0 Å². The van der Waals surface area contributed by atoms with Gasteiger partial charge < -0.3 is 10.1 Å². The number of hydrogen-bond donors (Lipinski definition) is 2. The van der Waals surface area contributed by atoms with Crippen LogP contribution in [0.2, 0.25) is 0 Å². The normalized spacial score (nSPS) is 20.7. The minimum absolute atomic E-state index is 0.0770. The maximum Gasteiger partial charge on any atom is 0.312 e. The third-order valence-corrected chi connectivity index (χ3v) is 4.68. The van der Waals surface area contributed by atoms with E-state index in [1.165, 1.54) is 6.42 Å². The fourth-order valence-corrected chi connectivity index (χ4v) is 3.27. The second-order valence-electron chi connectivity index (χ2n) is 6.49. The Morgan fingerprint density at radius 1 is 1.29 bits per heavy atom. The number of aromatic nitrogens is 2. The highest BCUT2D eigenvalue weighted by Gasteiger charge is 2.23. The zero-order chi connectivity index (χ0) is 16.9. The number of fused-ring (bicyclic) bond motifs is 1. The largest absolute Gasteiger partial charge is 0.455 e. The van der Waals surface area contributed by atoms with E-state index in [4.69, 9.17) is 4.74 Å². The van der Waals surface area contributed by atoms with Crippen LogP contribution in [0.3, 0.4) is 0 Å². The Hall–Kier alpha value is -2.37. The predicted octanol–water partition coefficient (Wildman–Crippen LogP) is 2.34. The fourth-order valence-electron chi connectivity index (χ4n) is 3.27. The maximum atomic E-state index is 12.0. The minimum atomic E-state index is -0.434. The number of benzene rings is 1. The molecule has 0 saturated heterocycles. The predicted molar refractivity (Wildman–Crippen MR) is 90.3 cm³/mol. The van der Waals surface area contributed by atoms with Gasteiger partial charge in [0, 0.05) is 11.4 Å². The summed E-state index contributed by atoms with van der Waals surface area (Å²) in [4.78, 5) is 23.9. The summed E-state index contributed by atoms with van der Waals surface area (Å²) in [5.74, 6) is -0.178. The van der Waals surface area contributed by atoms with Crippen molar-refractivity contribution in [3.05, 3.63) is 30.0 Å². The molecule has 2 aromatic rings. The van der Waals surface area contributed by atoms with E-state index in [1.54, 1.807) is 0 Å². The highest BCUT2D eigenvalue weighted by molar-refractivity contribution is 5.86. The summed E-state index contributed by atoms with van der Waals surface area (Å²) in [5.41, 5.74) is 1.52. The number of H-pyrrole nitrogens is 1. The summed E-state index contributed by atoms with van der Waals surface area (Å²) in [6.07, 6.45) is 4.58. The Morgan fingerprint density at radius 2 is 2.08 bits per heavy atom. The number of aromatic amines is 1. The molecule has 0 radical (unpaired) electrons. The molecule has 1 aliphatic rings. The molecule has 6 nitrogen and oxygen atoms in total. The number of para-hydroxylation sites is 1. The van der Waals surface area contributed by atoms with Crippen molar-refractivity contribution >= 4 is 22.8 Å². The molecule has 1 aliphatic carbocycles. The van der Waals surface area contributed by atoms with E-state index >= 15 is 0 Å². The number of carbonyl (C=O) groups is 2. The summed E-state index contributed by atoms with van der Waals surface area (Å²) in [7, 11) is 0. The second-order valence-corrected chi connectivity index (χ2v) is 6.49. The molecule has 0 spiro atoms. The average Bonchev–Trinajstić information content (AvgIpc) is 2.98. The molecule has 6 heteroatoms. The first-order valence-corrected chi connectivity index (χ1v) is 8.50. The van der Waals surface area contributed by atoms with Crippen molar-refractivity contribution in [2.24, 2.45) is 5.92 Å². The highest BCUT2D eigenvalue weighted by atomic mass is 16.5. The van der Waals surface area contributed by atoms with Gasteiger partial charge >= 0.3 is 5.97 Å². The second kappa shape index (κ2) is 7.47. The van der Waals surface area contributed by atoms with Gasteiger partial charge in [-0.05, 0) is 24.8 Å². The lowest BCUT2D eigenvalue weighted by Gasteiger charge is -2.29. The third kappa shape index (κ3) is 3.93. The molecule has 128 valence electrons. The molecule has 1 aromatic carbocycles. The molecule has 2 N–H and O–H groups in total. The van der Waals surface area contributed by atoms with E-state index < -0.39 is 5.97 Å². The first kappa shape index (κ1) is 16.5. The molecule has 24 heavy (non-hydrogen) atoms. The van der Waals surface area contributed by atoms with Gasteiger partial charge in [-0.25, -0.2) is 0 Å². The number of hydrogen-bond acceptors (Lipinski definition) is 4. The summed E-state index contributed by atoms with van der Waals surface area (Å²) >= 11 is 0. The van der Waals surface area contributed by atoms with E-state index in [0.717, 1.165) is 30.2 Å². The van der Waals surface area contributed by atoms with Crippen molar-refractivity contribution in [1.82, 2.24) is 15.5 Å².